The standard InChI is InChI=1S/C29H39FN2O6/c1-16(2)22(34)8-9-25(37)32-31-19-10-11-26(4)18(13-19)6-7-20-21-12-17(3)29(38,24(36)15-33)27(21,5)14-23(35)28(20,26)30/h10-11,13,17,20-21,23,33,35,38H,1,6-9,12,14-15H2,2-5H3,(H,32,37)/b31-19+/t17-,20+,21+,23+,26+,27+,28+,29+/m1/s1. The van der Waals surface area contributed by atoms with Crippen molar-refractivity contribution in [1.29, 1.82) is 0 Å². The molecule has 8 atom stereocenters. The van der Waals surface area contributed by atoms with Gasteiger partial charge >= 0.3 is 0 Å². The van der Waals surface area contributed by atoms with Crippen LogP contribution in [0.4, 0.5) is 4.39 Å². The van der Waals surface area contributed by atoms with Gasteiger partial charge < -0.3 is 15.3 Å². The largest absolute Gasteiger partial charge is 0.390 e. The third-order valence-corrected chi connectivity index (χ3v) is 10.2. The van der Waals surface area contributed by atoms with Gasteiger partial charge in [0.25, 0.3) is 0 Å². The fourth-order valence-electron chi connectivity index (χ4n) is 7.96. The van der Waals surface area contributed by atoms with Gasteiger partial charge in [-0.25, -0.2) is 9.82 Å². The van der Waals surface area contributed by atoms with Crippen molar-refractivity contribution >= 4 is 23.2 Å². The predicted molar refractivity (Wildman–Crippen MR) is 140 cm³/mol. The van der Waals surface area contributed by atoms with Gasteiger partial charge in [0, 0.05) is 29.6 Å². The lowest BCUT2D eigenvalue weighted by Crippen LogP contribution is -2.69. The summed E-state index contributed by atoms with van der Waals surface area (Å²) in [6, 6.07) is 0. The number of hydrogen-bond donors (Lipinski definition) is 4. The van der Waals surface area contributed by atoms with Crippen LogP contribution in [0.1, 0.15) is 66.2 Å². The first kappa shape index (κ1) is 28.5. The number of rotatable bonds is 7. The van der Waals surface area contributed by atoms with Crippen LogP contribution in [0.2, 0.25) is 0 Å². The molecule has 0 saturated heterocycles. The number of fused-ring (bicyclic) bond motifs is 5. The number of amides is 1. The van der Waals surface area contributed by atoms with Crippen molar-refractivity contribution in [2.75, 3.05) is 6.61 Å². The number of carbonyl (C=O) groups excluding carboxylic acids is 3. The van der Waals surface area contributed by atoms with Crippen LogP contribution in [0.5, 0.6) is 0 Å². The zero-order chi connectivity index (χ0) is 28.3. The number of allylic oxidation sites excluding steroid dienone is 5. The van der Waals surface area contributed by atoms with Crippen LogP contribution in [-0.4, -0.2) is 62.5 Å². The lowest BCUT2D eigenvalue weighted by Gasteiger charge is -2.62. The number of hydrogen-bond acceptors (Lipinski definition) is 7. The Hall–Kier alpha value is -2.49. The maximum Gasteiger partial charge on any atom is 0.240 e. The normalized spacial score (nSPS) is 42.5. The maximum absolute atomic E-state index is 17.4. The minimum absolute atomic E-state index is 0.0222. The number of nitrogens with one attached hydrogen (secondary N) is 1. The second kappa shape index (κ2) is 9.61. The van der Waals surface area contributed by atoms with Crippen LogP contribution < -0.4 is 5.43 Å². The summed E-state index contributed by atoms with van der Waals surface area (Å²) in [6.45, 7) is 9.62. The van der Waals surface area contributed by atoms with Gasteiger partial charge in [-0.15, -0.1) is 0 Å². The summed E-state index contributed by atoms with van der Waals surface area (Å²) in [5.41, 5.74) is -2.06. The van der Waals surface area contributed by atoms with Crippen molar-refractivity contribution in [2.45, 2.75) is 83.6 Å². The zero-order valence-electron chi connectivity index (χ0n) is 22.6. The Morgan fingerprint density at radius 1 is 1.24 bits per heavy atom. The number of ketones is 2. The minimum Gasteiger partial charge on any atom is -0.390 e. The summed E-state index contributed by atoms with van der Waals surface area (Å²) in [7, 11) is 0. The van der Waals surface area contributed by atoms with Gasteiger partial charge in [-0.2, -0.15) is 5.10 Å². The molecule has 0 radical (unpaired) electrons. The Morgan fingerprint density at radius 3 is 2.55 bits per heavy atom. The van der Waals surface area contributed by atoms with Crippen LogP contribution >= 0.6 is 0 Å². The number of carbonyl (C=O) groups is 3. The quantitative estimate of drug-likeness (QED) is 0.295. The van der Waals surface area contributed by atoms with E-state index < -0.39 is 58.3 Å². The Bertz CT molecular complexity index is 1160. The molecule has 208 valence electrons. The minimum atomic E-state index is -2.04. The number of aliphatic hydroxyl groups is 3. The average molecular weight is 531 g/mol. The molecule has 0 unspecified atom stereocenters. The Kier molecular flexibility index (Phi) is 7.21. The Morgan fingerprint density at radius 2 is 1.92 bits per heavy atom. The first-order chi connectivity index (χ1) is 17.7. The highest BCUT2D eigenvalue weighted by atomic mass is 19.1. The first-order valence-electron chi connectivity index (χ1n) is 13.4. The maximum atomic E-state index is 17.4. The van der Waals surface area contributed by atoms with Crippen molar-refractivity contribution in [3.8, 4) is 0 Å². The van der Waals surface area contributed by atoms with E-state index in [2.05, 4.69) is 17.1 Å². The molecule has 0 aromatic carbocycles. The van der Waals surface area contributed by atoms with Gasteiger partial charge in [-0.3, -0.25) is 14.4 Å². The van der Waals surface area contributed by atoms with Crippen LogP contribution in [0.3, 0.4) is 0 Å². The molecular weight excluding hydrogens is 491 g/mol. The predicted octanol–water partition coefficient (Wildman–Crippen LogP) is 2.72. The number of hydrazone groups is 1. The van der Waals surface area contributed by atoms with Crippen LogP contribution in [0, 0.1) is 28.6 Å². The lowest BCUT2D eigenvalue weighted by atomic mass is 9.44. The second-order valence-electron chi connectivity index (χ2n) is 12.1. The summed E-state index contributed by atoms with van der Waals surface area (Å²) in [5, 5.41) is 36.7. The summed E-state index contributed by atoms with van der Waals surface area (Å²) >= 11 is 0. The number of Topliss-reactive ketones (excluding diaryl/α,β-unsaturated/α-hetero) is 2. The van der Waals surface area contributed by atoms with E-state index in [1.807, 2.05) is 0 Å². The molecule has 0 aliphatic heterocycles. The molecule has 8 nitrogen and oxygen atoms in total. The molecule has 3 fully saturated rings. The van der Waals surface area contributed by atoms with Gasteiger partial charge in [-0.1, -0.05) is 32.1 Å². The van der Waals surface area contributed by atoms with E-state index >= 15 is 4.39 Å². The lowest BCUT2D eigenvalue weighted by molar-refractivity contribution is -0.219. The number of aliphatic hydroxyl groups excluding tert-OH is 2. The summed E-state index contributed by atoms with van der Waals surface area (Å²) in [4.78, 5) is 36.5. The third kappa shape index (κ3) is 3.88. The molecule has 4 aliphatic rings. The fraction of sp³-hybridized carbons (Fsp3) is 0.655. The van der Waals surface area contributed by atoms with E-state index in [1.54, 1.807) is 45.9 Å². The molecule has 4 aliphatic carbocycles. The van der Waals surface area contributed by atoms with E-state index in [9.17, 15) is 29.7 Å². The van der Waals surface area contributed by atoms with E-state index in [0.717, 1.165) is 5.57 Å². The Balaban J connectivity index is 1.58. The molecule has 4 N–H and O–H groups in total. The van der Waals surface area contributed by atoms with Crippen LogP contribution in [-0.2, 0) is 14.4 Å². The molecule has 9 heteroatoms. The second-order valence-corrected chi connectivity index (χ2v) is 12.1. The highest BCUT2D eigenvalue weighted by molar-refractivity contribution is 6.06. The third-order valence-electron chi connectivity index (χ3n) is 10.2. The van der Waals surface area contributed by atoms with Crippen molar-refractivity contribution in [3.63, 3.8) is 0 Å². The van der Waals surface area contributed by atoms with Gasteiger partial charge in [0.1, 0.15) is 12.2 Å². The first-order valence-corrected chi connectivity index (χ1v) is 13.4. The van der Waals surface area contributed by atoms with Gasteiger partial charge in [0.2, 0.25) is 5.91 Å². The smallest absolute Gasteiger partial charge is 0.240 e. The molecule has 3 saturated carbocycles. The molecule has 1 amide bonds. The molecule has 0 spiro atoms. The van der Waals surface area contributed by atoms with Crippen molar-refractivity contribution in [3.05, 3.63) is 36.0 Å². The highest BCUT2D eigenvalue weighted by Gasteiger charge is 2.75. The SMILES string of the molecule is C=C(C)C(=O)CCC(=O)N/N=C1\C=C[C@@]2(C)C(=C1)CC[C@H]1[C@@H]3C[C@@H](C)[C@](O)(C(=O)CO)[C@@]3(C)C[C@H](O)[C@@]12F. The molecule has 4 rings (SSSR count). The topological polar surface area (TPSA) is 136 Å². The highest BCUT2D eigenvalue weighted by Crippen LogP contribution is 2.70. The average Bonchev–Trinajstić information content (AvgIpc) is 3.07. The molecule has 0 aromatic rings. The van der Waals surface area contributed by atoms with E-state index in [-0.39, 0.29) is 31.0 Å². The fourth-order valence-corrected chi connectivity index (χ4v) is 7.96. The molecule has 0 aromatic heterocycles. The van der Waals surface area contributed by atoms with E-state index in [0.29, 0.717) is 30.5 Å². The Labute approximate surface area is 222 Å². The molecule has 0 heterocycles. The summed E-state index contributed by atoms with van der Waals surface area (Å²) in [6.07, 6.45) is 4.89. The molecule has 38 heavy (non-hydrogen) atoms. The van der Waals surface area contributed by atoms with Crippen molar-refractivity contribution in [2.24, 2.45) is 33.7 Å². The number of nitrogens with zero attached hydrogens (tertiary/aromatic N) is 1. The monoisotopic (exact) mass is 530 g/mol. The van der Waals surface area contributed by atoms with Crippen molar-refractivity contribution in [1.82, 2.24) is 5.43 Å². The number of halogens is 1. The van der Waals surface area contributed by atoms with Crippen LogP contribution in [0.25, 0.3) is 0 Å². The van der Waals surface area contributed by atoms with Crippen molar-refractivity contribution < 1.29 is 34.1 Å². The summed E-state index contributed by atoms with van der Waals surface area (Å²) < 4.78 is 17.4. The number of alkyl halides is 1. The van der Waals surface area contributed by atoms with Gasteiger partial charge in [-0.05, 0) is 69.1 Å². The van der Waals surface area contributed by atoms with Crippen LogP contribution in [0.15, 0.2) is 41.1 Å². The van der Waals surface area contributed by atoms with E-state index in [1.165, 1.54) is 0 Å². The summed E-state index contributed by atoms with van der Waals surface area (Å²) in [5.74, 6) is -2.72. The molecular formula is C29H39FN2O6. The molecule has 0 bridgehead atoms. The van der Waals surface area contributed by atoms with Gasteiger partial charge in [0.15, 0.2) is 17.2 Å². The van der Waals surface area contributed by atoms with Gasteiger partial charge in [0.05, 0.1) is 11.8 Å². The van der Waals surface area contributed by atoms with E-state index in [4.69, 9.17) is 0 Å². The zero-order valence-corrected chi connectivity index (χ0v) is 22.6.